The van der Waals surface area contributed by atoms with Crippen LogP contribution in [0.25, 0.3) is 0 Å². The lowest BCUT2D eigenvalue weighted by molar-refractivity contribution is -0.115. The Bertz CT molecular complexity index is 696. The molecular weight excluding hydrogens is 344 g/mol. The van der Waals surface area contributed by atoms with Gasteiger partial charge in [-0.1, -0.05) is 28.1 Å². The molecule has 0 fully saturated rings. The topological polar surface area (TPSA) is 58.2 Å². The first-order chi connectivity index (χ1) is 10.5. The minimum absolute atomic E-state index is 0.0672. The van der Waals surface area contributed by atoms with E-state index in [1.165, 1.54) is 0 Å². The van der Waals surface area contributed by atoms with Crippen LogP contribution >= 0.6 is 15.9 Å². The molecule has 0 bridgehead atoms. The zero-order chi connectivity index (χ0) is 16.1. The number of hydrogen-bond donors (Lipinski definition) is 2. The van der Waals surface area contributed by atoms with Gasteiger partial charge in [0.1, 0.15) is 0 Å². The largest absolute Gasteiger partial charge is 0.343 e. The third-order valence-corrected chi connectivity index (χ3v) is 3.71. The quantitative estimate of drug-likeness (QED) is 0.877. The van der Waals surface area contributed by atoms with E-state index in [9.17, 15) is 9.59 Å². The van der Waals surface area contributed by atoms with E-state index in [1.54, 1.807) is 24.3 Å². The van der Waals surface area contributed by atoms with Crippen LogP contribution in [-0.2, 0) is 4.79 Å². The highest BCUT2D eigenvalue weighted by molar-refractivity contribution is 9.10. The van der Waals surface area contributed by atoms with Crippen molar-refractivity contribution in [2.75, 3.05) is 11.9 Å². The molecule has 114 valence electrons. The van der Waals surface area contributed by atoms with Crippen LogP contribution in [0.3, 0.4) is 0 Å². The zero-order valence-corrected chi connectivity index (χ0v) is 14.0. The van der Waals surface area contributed by atoms with Crippen LogP contribution in [-0.4, -0.2) is 18.4 Å². The summed E-state index contributed by atoms with van der Waals surface area (Å²) in [7, 11) is 0. The number of anilines is 1. The number of carbonyl (C=O) groups excluding carboxylic acids is 2. The lowest BCUT2D eigenvalue weighted by Crippen LogP contribution is -2.33. The highest BCUT2D eigenvalue weighted by Gasteiger charge is 2.09. The molecule has 2 rings (SSSR count). The second kappa shape index (κ2) is 7.22. The summed E-state index contributed by atoms with van der Waals surface area (Å²) < 4.78 is 0.900. The standard InChI is InChI=1S/C17H17BrN2O2/c1-11-3-4-12(2)15(9-11)20-16(21)10-19-17(22)13-5-7-14(18)8-6-13/h3-9H,10H2,1-2H3,(H,19,22)(H,20,21). The molecule has 2 aromatic carbocycles. The van der Waals surface area contributed by atoms with Gasteiger partial charge in [0.25, 0.3) is 5.91 Å². The van der Waals surface area contributed by atoms with Gasteiger partial charge in [0.15, 0.2) is 0 Å². The van der Waals surface area contributed by atoms with Crippen molar-refractivity contribution in [3.05, 3.63) is 63.6 Å². The monoisotopic (exact) mass is 360 g/mol. The molecule has 5 heteroatoms. The van der Waals surface area contributed by atoms with Gasteiger partial charge in [-0.25, -0.2) is 0 Å². The summed E-state index contributed by atoms with van der Waals surface area (Å²) in [5.74, 6) is -0.525. The maximum absolute atomic E-state index is 11.9. The summed E-state index contributed by atoms with van der Waals surface area (Å²) in [6.45, 7) is 3.82. The van der Waals surface area contributed by atoms with Crippen molar-refractivity contribution >= 4 is 33.4 Å². The molecule has 0 aliphatic heterocycles. The number of aryl methyl sites for hydroxylation is 2. The maximum atomic E-state index is 11.9. The minimum Gasteiger partial charge on any atom is -0.343 e. The molecule has 0 aliphatic carbocycles. The number of halogens is 1. The SMILES string of the molecule is Cc1ccc(C)c(NC(=O)CNC(=O)c2ccc(Br)cc2)c1. The molecule has 0 radical (unpaired) electrons. The number of benzene rings is 2. The van der Waals surface area contributed by atoms with Crippen LogP contribution in [0.5, 0.6) is 0 Å². The van der Waals surface area contributed by atoms with E-state index in [2.05, 4.69) is 26.6 Å². The van der Waals surface area contributed by atoms with Crippen LogP contribution in [0.1, 0.15) is 21.5 Å². The molecule has 0 spiro atoms. The summed E-state index contributed by atoms with van der Waals surface area (Å²) in [6.07, 6.45) is 0. The van der Waals surface area contributed by atoms with Crippen LogP contribution in [0, 0.1) is 13.8 Å². The second-order valence-corrected chi connectivity index (χ2v) is 5.97. The lowest BCUT2D eigenvalue weighted by Gasteiger charge is -2.10. The van der Waals surface area contributed by atoms with Crippen molar-refractivity contribution in [1.29, 1.82) is 0 Å². The number of hydrogen-bond acceptors (Lipinski definition) is 2. The van der Waals surface area contributed by atoms with Crippen molar-refractivity contribution in [1.82, 2.24) is 5.32 Å². The van der Waals surface area contributed by atoms with E-state index in [0.717, 1.165) is 21.3 Å². The predicted molar refractivity (Wildman–Crippen MR) is 91.0 cm³/mol. The molecule has 22 heavy (non-hydrogen) atoms. The maximum Gasteiger partial charge on any atom is 0.251 e. The van der Waals surface area contributed by atoms with Crippen LogP contribution in [0.15, 0.2) is 46.9 Å². The van der Waals surface area contributed by atoms with Gasteiger partial charge in [0.05, 0.1) is 6.54 Å². The first-order valence-corrected chi connectivity index (χ1v) is 7.66. The predicted octanol–water partition coefficient (Wildman–Crippen LogP) is 3.43. The molecule has 2 aromatic rings. The third kappa shape index (κ3) is 4.43. The smallest absolute Gasteiger partial charge is 0.251 e. The first-order valence-electron chi connectivity index (χ1n) is 6.86. The fourth-order valence-corrected chi connectivity index (χ4v) is 2.19. The van der Waals surface area contributed by atoms with E-state index < -0.39 is 0 Å². The Balaban J connectivity index is 1.91. The summed E-state index contributed by atoms with van der Waals surface area (Å²) in [6, 6.07) is 12.8. The molecule has 0 atom stereocenters. The van der Waals surface area contributed by atoms with Crippen molar-refractivity contribution < 1.29 is 9.59 Å². The van der Waals surface area contributed by atoms with Crippen molar-refractivity contribution in [3.8, 4) is 0 Å². The Morgan fingerprint density at radius 1 is 1.05 bits per heavy atom. The highest BCUT2D eigenvalue weighted by atomic mass is 79.9. The van der Waals surface area contributed by atoms with Crippen LogP contribution in [0.4, 0.5) is 5.69 Å². The van der Waals surface area contributed by atoms with Gasteiger partial charge < -0.3 is 10.6 Å². The average molecular weight is 361 g/mol. The van der Waals surface area contributed by atoms with Gasteiger partial charge in [-0.2, -0.15) is 0 Å². The van der Waals surface area contributed by atoms with E-state index >= 15 is 0 Å². The molecule has 4 nitrogen and oxygen atoms in total. The Hall–Kier alpha value is -2.14. The number of nitrogens with one attached hydrogen (secondary N) is 2. The molecule has 0 heterocycles. The van der Waals surface area contributed by atoms with E-state index in [1.807, 2.05) is 32.0 Å². The number of carbonyl (C=O) groups is 2. The summed E-state index contributed by atoms with van der Waals surface area (Å²) in [5, 5.41) is 5.41. The molecule has 0 aromatic heterocycles. The van der Waals surface area contributed by atoms with Gasteiger partial charge in [0, 0.05) is 15.7 Å². The summed E-state index contributed by atoms with van der Waals surface area (Å²) >= 11 is 3.31. The molecule has 0 aliphatic rings. The molecule has 0 unspecified atom stereocenters. The van der Waals surface area contributed by atoms with E-state index in [0.29, 0.717) is 5.56 Å². The fourth-order valence-electron chi connectivity index (χ4n) is 1.93. The van der Waals surface area contributed by atoms with Crippen LogP contribution in [0.2, 0.25) is 0 Å². The van der Waals surface area contributed by atoms with Gasteiger partial charge in [-0.15, -0.1) is 0 Å². The molecule has 0 saturated heterocycles. The Labute approximate surface area is 138 Å². The summed E-state index contributed by atoms with van der Waals surface area (Å²) in [4.78, 5) is 23.9. The zero-order valence-electron chi connectivity index (χ0n) is 12.4. The normalized spacial score (nSPS) is 10.1. The van der Waals surface area contributed by atoms with Crippen molar-refractivity contribution in [3.63, 3.8) is 0 Å². The van der Waals surface area contributed by atoms with Gasteiger partial charge in [0.2, 0.25) is 5.91 Å². The molecule has 2 amide bonds. The van der Waals surface area contributed by atoms with E-state index in [4.69, 9.17) is 0 Å². The minimum atomic E-state index is -0.274. The highest BCUT2D eigenvalue weighted by Crippen LogP contribution is 2.16. The Morgan fingerprint density at radius 3 is 2.41 bits per heavy atom. The van der Waals surface area contributed by atoms with Crippen molar-refractivity contribution in [2.45, 2.75) is 13.8 Å². The summed E-state index contributed by atoms with van der Waals surface area (Å²) in [5.41, 5.74) is 3.34. The van der Waals surface area contributed by atoms with Gasteiger partial charge >= 0.3 is 0 Å². The molecule has 0 saturated carbocycles. The lowest BCUT2D eigenvalue weighted by atomic mass is 10.1. The number of rotatable bonds is 4. The van der Waals surface area contributed by atoms with Gasteiger partial charge in [-0.3, -0.25) is 9.59 Å². The molecule has 2 N–H and O–H groups in total. The first kappa shape index (κ1) is 16.2. The van der Waals surface area contributed by atoms with Gasteiger partial charge in [-0.05, 0) is 55.3 Å². The third-order valence-electron chi connectivity index (χ3n) is 3.18. The van der Waals surface area contributed by atoms with E-state index in [-0.39, 0.29) is 18.4 Å². The van der Waals surface area contributed by atoms with Crippen molar-refractivity contribution in [2.24, 2.45) is 0 Å². The number of amides is 2. The second-order valence-electron chi connectivity index (χ2n) is 5.06. The van der Waals surface area contributed by atoms with Crippen LogP contribution < -0.4 is 10.6 Å². The Kier molecular flexibility index (Phi) is 5.33. The fraction of sp³-hybridized carbons (Fsp3) is 0.176. The molecular formula is C17H17BrN2O2. The average Bonchev–Trinajstić information content (AvgIpc) is 2.49. The Morgan fingerprint density at radius 2 is 1.73 bits per heavy atom.